The summed E-state index contributed by atoms with van der Waals surface area (Å²) in [6.07, 6.45) is 0. The molecule has 176 valence electrons. The lowest BCUT2D eigenvalue weighted by atomic mass is 9.59. The summed E-state index contributed by atoms with van der Waals surface area (Å²) in [5, 5.41) is 20.8. The Balaban J connectivity index is 1.58. The molecule has 1 heterocycles. The molecule has 14 radical (unpaired) electrons. The van der Waals surface area contributed by atoms with Gasteiger partial charge in [0.15, 0.2) is 0 Å². The van der Waals surface area contributed by atoms with Gasteiger partial charge in [0.1, 0.15) is 54.9 Å². The summed E-state index contributed by atoms with van der Waals surface area (Å²) in [6, 6.07) is 26.2. The summed E-state index contributed by atoms with van der Waals surface area (Å²) >= 11 is 0. The first-order chi connectivity index (χ1) is 19.6. The van der Waals surface area contributed by atoms with Crippen molar-refractivity contribution < 1.29 is 10.0 Å². The van der Waals surface area contributed by atoms with E-state index < -0.39 is 7.12 Å². The Morgan fingerprint density at radius 3 is 1.37 bits per heavy atom. The van der Waals surface area contributed by atoms with Gasteiger partial charge in [0.05, 0.1) is 0 Å². The molecule has 0 aliphatic heterocycles. The van der Waals surface area contributed by atoms with E-state index in [9.17, 15) is 10.0 Å². The molecule has 11 heteroatoms. The van der Waals surface area contributed by atoms with Crippen LogP contribution in [0.15, 0.2) is 78.9 Å². The van der Waals surface area contributed by atoms with Crippen molar-refractivity contribution in [2.45, 2.75) is 0 Å². The van der Waals surface area contributed by atoms with Crippen LogP contribution in [0.3, 0.4) is 0 Å². The van der Waals surface area contributed by atoms with Gasteiger partial charge in [-0.3, -0.25) is 0 Å². The standard InChI is InChI=1S/C30H15B8NO2/c31-21-19-20-22(32)28(38(40)41)25(35)27(37)30(20)39(29(19)26(36)24(34)23(21)33)18-12-10-17(11-13-18)16-8-6-15(7-9-16)14-4-2-1-3-5-14/h1-13,40-41H. The molecular formula is C30H15B8NO2. The highest BCUT2D eigenvalue weighted by Gasteiger charge is 2.26. The molecule has 0 fully saturated rings. The van der Waals surface area contributed by atoms with Gasteiger partial charge in [-0.1, -0.05) is 88.6 Å². The lowest BCUT2D eigenvalue weighted by molar-refractivity contribution is 0.426. The van der Waals surface area contributed by atoms with Gasteiger partial charge in [-0.25, -0.2) is 0 Å². The average molecular weight is 508 g/mol. The molecule has 2 N–H and O–H groups in total. The van der Waals surface area contributed by atoms with Gasteiger partial charge in [0, 0.05) is 16.7 Å². The average Bonchev–Trinajstić information content (AvgIpc) is 3.35. The van der Waals surface area contributed by atoms with E-state index in [-0.39, 0.29) is 43.7 Å². The molecule has 5 aromatic carbocycles. The molecule has 0 saturated carbocycles. The van der Waals surface area contributed by atoms with Gasteiger partial charge in [0.25, 0.3) is 0 Å². The molecule has 0 unspecified atom stereocenters. The van der Waals surface area contributed by atoms with Crippen LogP contribution in [0.4, 0.5) is 0 Å². The molecular weight excluding hydrogens is 493 g/mol. The van der Waals surface area contributed by atoms with E-state index in [0.29, 0.717) is 27.5 Å². The smallest absolute Gasteiger partial charge is 0.423 e. The van der Waals surface area contributed by atoms with Crippen molar-refractivity contribution in [2.75, 3.05) is 0 Å². The Kier molecular flexibility index (Phi) is 6.92. The Labute approximate surface area is 248 Å². The van der Waals surface area contributed by atoms with Crippen molar-refractivity contribution in [1.29, 1.82) is 0 Å². The first-order valence-electron chi connectivity index (χ1n) is 12.8. The second kappa shape index (κ2) is 10.3. The normalized spacial score (nSPS) is 11.4. The fourth-order valence-electron chi connectivity index (χ4n) is 5.54. The van der Waals surface area contributed by atoms with Crippen LogP contribution in [-0.2, 0) is 0 Å². The maximum atomic E-state index is 10.0. The number of aromatic nitrogens is 1. The van der Waals surface area contributed by atoms with Crippen molar-refractivity contribution in [3.8, 4) is 27.9 Å². The monoisotopic (exact) mass is 509 g/mol. The minimum absolute atomic E-state index is 0.00384. The molecule has 0 saturated heterocycles. The Bertz CT molecular complexity index is 1970. The van der Waals surface area contributed by atoms with Gasteiger partial charge in [-0.05, 0) is 50.6 Å². The van der Waals surface area contributed by atoms with Crippen molar-refractivity contribution >= 4 is 128 Å². The third-order valence-corrected chi connectivity index (χ3v) is 7.67. The molecule has 0 aliphatic rings. The van der Waals surface area contributed by atoms with E-state index in [1.165, 1.54) is 0 Å². The molecule has 6 rings (SSSR count). The zero-order valence-corrected chi connectivity index (χ0v) is 22.0. The van der Waals surface area contributed by atoms with E-state index in [1.54, 1.807) is 4.57 Å². The van der Waals surface area contributed by atoms with Crippen LogP contribution in [0.5, 0.6) is 0 Å². The van der Waals surface area contributed by atoms with Crippen molar-refractivity contribution in [1.82, 2.24) is 4.57 Å². The summed E-state index contributed by atoms with van der Waals surface area (Å²) in [5.74, 6) is 0. The minimum atomic E-state index is -1.97. The first-order valence-corrected chi connectivity index (χ1v) is 12.8. The number of fused-ring (bicyclic) bond motifs is 3. The van der Waals surface area contributed by atoms with Gasteiger partial charge in [0.2, 0.25) is 0 Å². The van der Waals surface area contributed by atoms with Gasteiger partial charge in [-0.15, -0.1) is 16.4 Å². The Morgan fingerprint density at radius 2 is 0.854 bits per heavy atom. The van der Waals surface area contributed by atoms with Crippen molar-refractivity contribution in [3.63, 3.8) is 0 Å². The van der Waals surface area contributed by atoms with E-state index in [4.69, 9.17) is 54.9 Å². The van der Waals surface area contributed by atoms with Crippen LogP contribution >= 0.6 is 0 Å². The maximum absolute atomic E-state index is 10.0. The van der Waals surface area contributed by atoms with Crippen LogP contribution in [0.2, 0.25) is 0 Å². The molecule has 41 heavy (non-hydrogen) atoms. The van der Waals surface area contributed by atoms with Crippen LogP contribution in [0, 0.1) is 0 Å². The van der Waals surface area contributed by atoms with Crippen LogP contribution < -0.4 is 43.7 Å². The second-order valence-electron chi connectivity index (χ2n) is 9.96. The van der Waals surface area contributed by atoms with E-state index in [0.717, 1.165) is 22.3 Å². The molecule has 3 nitrogen and oxygen atoms in total. The molecule has 0 bridgehead atoms. The quantitative estimate of drug-likeness (QED) is 0.256. The highest BCUT2D eigenvalue weighted by Crippen LogP contribution is 2.29. The lowest BCUT2D eigenvalue weighted by Gasteiger charge is -2.18. The third kappa shape index (κ3) is 4.26. The third-order valence-electron chi connectivity index (χ3n) is 7.67. The SMILES string of the molecule is [B]c1c([B])c([B])c2c(c1[B])c1c([B])c(B(O)O)c([B])c([B])c1n2-c1ccc(-c2ccc(-c3ccccc3)cc2)cc1. The number of benzene rings is 5. The number of rotatable bonds is 4. The van der Waals surface area contributed by atoms with Crippen LogP contribution in [0.1, 0.15) is 0 Å². The van der Waals surface area contributed by atoms with Gasteiger partial charge in [-0.2, -0.15) is 0 Å². The van der Waals surface area contributed by atoms with Crippen molar-refractivity contribution in [2.24, 2.45) is 0 Å². The van der Waals surface area contributed by atoms with Crippen molar-refractivity contribution in [3.05, 3.63) is 78.9 Å². The molecule has 6 aromatic rings. The zero-order chi connectivity index (χ0) is 29.2. The number of nitrogens with zero attached hydrogens (tertiary/aromatic N) is 1. The molecule has 1 aromatic heterocycles. The summed E-state index contributed by atoms with van der Waals surface area (Å²) < 4.78 is 1.77. The first kappa shape index (κ1) is 27.5. The number of hydrogen-bond donors (Lipinski definition) is 2. The van der Waals surface area contributed by atoms with E-state index in [2.05, 4.69) is 36.4 Å². The predicted octanol–water partition coefficient (Wildman–Crippen LogP) is -2.65. The van der Waals surface area contributed by atoms with Crippen LogP contribution in [0.25, 0.3) is 49.7 Å². The molecule has 0 aliphatic carbocycles. The molecule has 0 amide bonds. The summed E-state index contributed by atoms with van der Waals surface area (Å²) in [6.45, 7) is 0. The summed E-state index contributed by atoms with van der Waals surface area (Å²) in [4.78, 5) is 0. The predicted molar refractivity (Wildman–Crippen MR) is 179 cm³/mol. The highest BCUT2D eigenvalue weighted by atomic mass is 16.4. The Morgan fingerprint density at radius 1 is 0.439 bits per heavy atom. The maximum Gasteiger partial charge on any atom is 0.487 e. The highest BCUT2D eigenvalue weighted by molar-refractivity contribution is 6.76. The van der Waals surface area contributed by atoms with Gasteiger partial charge < -0.3 is 14.6 Å². The fraction of sp³-hybridized carbons (Fsp3) is 0. The van der Waals surface area contributed by atoms with Gasteiger partial charge >= 0.3 is 7.12 Å². The second-order valence-corrected chi connectivity index (χ2v) is 9.96. The Hall–Kier alpha value is -3.66. The topological polar surface area (TPSA) is 45.4 Å². The summed E-state index contributed by atoms with van der Waals surface area (Å²) in [7, 11) is 42.7. The molecule has 0 atom stereocenters. The largest absolute Gasteiger partial charge is 0.487 e. The summed E-state index contributed by atoms with van der Waals surface area (Å²) in [5.41, 5.74) is 6.17. The molecule has 0 spiro atoms. The number of hydrogen-bond acceptors (Lipinski definition) is 2. The fourth-order valence-corrected chi connectivity index (χ4v) is 5.54. The van der Waals surface area contributed by atoms with Crippen LogP contribution in [-0.4, -0.2) is 76.7 Å². The van der Waals surface area contributed by atoms with E-state index >= 15 is 0 Å². The van der Waals surface area contributed by atoms with E-state index in [1.807, 2.05) is 42.5 Å². The minimum Gasteiger partial charge on any atom is -0.423 e. The lowest BCUT2D eigenvalue weighted by Crippen LogP contribution is -2.56. The zero-order valence-electron chi connectivity index (χ0n) is 22.0.